The van der Waals surface area contributed by atoms with E-state index in [9.17, 15) is 4.79 Å². The molecule has 6 heteroatoms. The molecule has 0 aliphatic rings. The minimum atomic E-state index is -0.0527. The zero-order valence-corrected chi connectivity index (χ0v) is 20.5. The summed E-state index contributed by atoms with van der Waals surface area (Å²) in [7, 11) is 1.61. The lowest BCUT2D eigenvalue weighted by atomic mass is 10.1. The minimum Gasteiger partial charge on any atom is -0.497 e. The number of hydrogen-bond acceptors (Lipinski definition) is 4. The Hall–Kier alpha value is -3.80. The smallest absolute Gasteiger partial charge is 0.251 e. The molecule has 1 N–H and O–H groups in total. The summed E-state index contributed by atoms with van der Waals surface area (Å²) in [4.78, 5) is 17.2. The van der Waals surface area contributed by atoms with Gasteiger partial charge in [-0.05, 0) is 73.9 Å². The number of nitrogens with one attached hydrogen (secondary N) is 1. The van der Waals surface area contributed by atoms with Crippen LogP contribution < -0.4 is 14.8 Å². The van der Waals surface area contributed by atoms with Crippen LogP contribution >= 0.6 is 0 Å². The maximum atomic E-state index is 12.3. The molecule has 4 aromatic rings. The van der Waals surface area contributed by atoms with Crippen molar-refractivity contribution in [3.8, 4) is 11.5 Å². The number of methoxy groups -OCH3 is 1. The number of imidazole rings is 1. The first kappa shape index (κ1) is 24.3. The molecule has 3 aromatic carbocycles. The van der Waals surface area contributed by atoms with Crippen LogP contribution in [0.25, 0.3) is 11.0 Å². The van der Waals surface area contributed by atoms with Gasteiger partial charge in [-0.15, -0.1) is 0 Å². The number of aryl methyl sites for hydroxylation is 2. The Morgan fingerprint density at radius 2 is 1.77 bits per heavy atom. The number of benzene rings is 3. The lowest BCUT2D eigenvalue weighted by Gasteiger charge is -2.11. The molecule has 0 saturated heterocycles. The maximum Gasteiger partial charge on any atom is 0.251 e. The summed E-state index contributed by atoms with van der Waals surface area (Å²) in [6, 6.07) is 23.5. The van der Waals surface area contributed by atoms with Crippen LogP contribution in [0.2, 0.25) is 0 Å². The van der Waals surface area contributed by atoms with Crippen molar-refractivity contribution in [2.75, 3.05) is 20.3 Å². The first-order valence-corrected chi connectivity index (χ1v) is 12.2. The molecular weight excluding hydrogens is 438 g/mol. The van der Waals surface area contributed by atoms with E-state index in [4.69, 9.17) is 14.5 Å². The number of fused-ring (bicyclic) bond motifs is 1. The maximum absolute atomic E-state index is 12.3. The van der Waals surface area contributed by atoms with E-state index in [2.05, 4.69) is 47.1 Å². The van der Waals surface area contributed by atoms with Crippen LogP contribution in [0, 0.1) is 6.92 Å². The Labute approximate surface area is 206 Å². The summed E-state index contributed by atoms with van der Waals surface area (Å²) >= 11 is 0. The molecule has 35 heavy (non-hydrogen) atoms. The first-order chi connectivity index (χ1) is 17.1. The van der Waals surface area contributed by atoms with Gasteiger partial charge in [-0.25, -0.2) is 4.98 Å². The number of ether oxygens (including phenoxy) is 2. The Morgan fingerprint density at radius 3 is 2.57 bits per heavy atom. The van der Waals surface area contributed by atoms with Crippen molar-refractivity contribution in [2.45, 2.75) is 39.2 Å². The van der Waals surface area contributed by atoms with Gasteiger partial charge in [-0.2, -0.15) is 0 Å². The highest BCUT2D eigenvalue weighted by Gasteiger charge is 2.11. The fraction of sp³-hybridized carbons (Fsp3) is 0.310. The van der Waals surface area contributed by atoms with Gasteiger partial charge in [0.05, 0.1) is 24.7 Å². The molecule has 1 amide bonds. The summed E-state index contributed by atoms with van der Waals surface area (Å²) in [5.41, 5.74) is 4.00. The van der Waals surface area contributed by atoms with Crippen molar-refractivity contribution in [3.05, 3.63) is 89.7 Å². The van der Waals surface area contributed by atoms with E-state index in [1.165, 1.54) is 5.56 Å². The van der Waals surface area contributed by atoms with Crippen molar-refractivity contribution < 1.29 is 14.3 Å². The lowest BCUT2D eigenvalue weighted by Crippen LogP contribution is -2.24. The molecule has 0 aliphatic heterocycles. The van der Waals surface area contributed by atoms with E-state index in [-0.39, 0.29) is 5.91 Å². The number of amides is 1. The van der Waals surface area contributed by atoms with E-state index in [0.29, 0.717) is 18.7 Å². The predicted octanol–water partition coefficient (Wildman–Crippen LogP) is 5.58. The molecule has 182 valence electrons. The first-order valence-electron chi connectivity index (χ1n) is 12.2. The molecule has 6 nitrogen and oxygen atoms in total. The van der Waals surface area contributed by atoms with Crippen LogP contribution in [0.15, 0.2) is 72.8 Å². The van der Waals surface area contributed by atoms with E-state index in [1.54, 1.807) is 31.4 Å². The third-order valence-electron chi connectivity index (χ3n) is 6.02. The quantitative estimate of drug-likeness (QED) is 0.274. The van der Waals surface area contributed by atoms with Crippen LogP contribution in [0.3, 0.4) is 0 Å². The van der Waals surface area contributed by atoms with Crippen molar-refractivity contribution in [3.63, 3.8) is 0 Å². The summed E-state index contributed by atoms with van der Waals surface area (Å²) < 4.78 is 13.4. The number of carbonyl (C=O) groups excluding carboxylic acids is 1. The number of nitrogens with zero attached hydrogens (tertiary/aromatic N) is 2. The second kappa shape index (κ2) is 12.1. The van der Waals surface area contributed by atoms with Crippen molar-refractivity contribution in [1.82, 2.24) is 14.9 Å². The average molecular weight is 472 g/mol. The van der Waals surface area contributed by atoms with Gasteiger partial charge >= 0.3 is 0 Å². The number of carbonyl (C=O) groups is 1. The Morgan fingerprint density at radius 1 is 0.943 bits per heavy atom. The van der Waals surface area contributed by atoms with Gasteiger partial charge in [-0.1, -0.05) is 30.7 Å². The standard InChI is InChI=1S/C29H33N3O3/c1-22-9-8-10-25(21-22)35-20-19-32-27-12-6-5-11-26(27)31-28(32)13-4-3-7-18-30-29(33)23-14-16-24(34-2)17-15-23/h5-6,8-12,14-17,21H,3-4,7,13,18-20H2,1-2H3,(H,30,33). The van der Waals surface area contributed by atoms with Crippen LogP contribution in [0.4, 0.5) is 0 Å². The van der Waals surface area contributed by atoms with E-state index in [1.807, 2.05) is 18.2 Å². The molecule has 0 atom stereocenters. The number of rotatable bonds is 12. The molecule has 0 bridgehead atoms. The Balaban J connectivity index is 1.25. The third kappa shape index (κ3) is 6.63. The summed E-state index contributed by atoms with van der Waals surface area (Å²) in [5.74, 6) is 2.67. The van der Waals surface area contributed by atoms with Crippen LogP contribution in [0.5, 0.6) is 11.5 Å². The second-order valence-electron chi connectivity index (χ2n) is 8.63. The third-order valence-corrected chi connectivity index (χ3v) is 6.02. The fourth-order valence-electron chi connectivity index (χ4n) is 4.16. The Bertz CT molecular complexity index is 1250. The zero-order valence-electron chi connectivity index (χ0n) is 20.5. The molecule has 0 aliphatic carbocycles. The molecule has 1 heterocycles. The van der Waals surface area contributed by atoms with Crippen LogP contribution in [0.1, 0.15) is 41.0 Å². The van der Waals surface area contributed by atoms with Gasteiger partial charge < -0.3 is 19.4 Å². The summed E-state index contributed by atoms with van der Waals surface area (Å²) in [5, 5.41) is 3.00. The molecule has 1 aromatic heterocycles. The highest BCUT2D eigenvalue weighted by atomic mass is 16.5. The summed E-state index contributed by atoms with van der Waals surface area (Å²) in [6.45, 7) is 4.07. The molecule has 0 unspecified atom stereocenters. The van der Waals surface area contributed by atoms with Gasteiger partial charge in [0, 0.05) is 18.5 Å². The van der Waals surface area contributed by atoms with Crippen molar-refractivity contribution in [2.24, 2.45) is 0 Å². The Kier molecular flexibility index (Phi) is 8.39. The number of hydrogen-bond donors (Lipinski definition) is 1. The largest absolute Gasteiger partial charge is 0.497 e. The minimum absolute atomic E-state index is 0.0527. The van der Waals surface area contributed by atoms with Gasteiger partial charge in [0.25, 0.3) is 5.91 Å². The molecule has 0 radical (unpaired) electrons. The molecule has 0 spiro atoms. The number of para-hydroxylation sites is 2. The van der Waals surface area contributed by atoms with Gasteiger partial charge in [-0.3, -0.25) is 4.79 Å². The number of unbranched alkanes of at least 4 members (excludes halogenated alkanes) is 2. The number of aromatic nitrogens is 2. The van der Waals surface area contributed by atoms with Gasteiger partial charge in [0.2, 0.25) is 0 Å². The van der Waals surface area contributed by atoms with Crippen LogP contribution in [-0.2, 0) is 13.0 Å². The SMILES string of the molecule is COc1ccc(C(=O)NCCCCCc2nc3ccccc3n2CCOc2cccc(C)c2)cc1. The van der Waals surface area contributed by atoms with Gasteiger partial charge in [0.15, 0.2) is 0 Å². The topological polar surface area (TPSA) is 65.4 Å². The molecule has 0 saturated carbocycles. The molecule has 4 rings (SSSR count). The second-order valence-corrected chi connectivity index (χ2v) is 8.63. The zero-order chi connectivity index (χ0) is 24.5. The van der Waals surface area contributed by atoms with Crippen LogP contribution in [-0.4, -0.2) is 35.7 Å². The molecular formula is C29H33N3O3. The normalized spacial score (nSPS) is 10.9. The highest BCUT2D eigenvalue weighted by Crippen LogP contribution is 2.19. The summed E-state index contributed by atoms with van der Waals surface area (Å²) in [6.07, 6.45) is 3.86. The monoisotopic (exact) mass is 471 g/mol. The fourth-order valence-corrected chi connectivity index (χ4v) is 4.16. The van der Waals surface area contributed by atoms with E-state index >= 15 is 0 Å². The predicted molar refractivity (Wildman–Crippen MR) is 139 cm³/mol. The van der Waals surface area contributed by atoms with E-state index < -0.39 is 0 Å². The van der Waals surface area contributed by atoms with Crippen molar-refractivity contribution in [1.29, 1.82) is 0 Å². The molecule has 0 fully saturated rings. The lowest BCUT2D eigenvalue weighted by molar-refractivity contribution is 0.0953. The van der Waals surface area contributed by atoms with Gasteiger partial charge in [0.1, 0.15) is 23.9 Å². The highest BCUT2D eigenvalue weighted by molar-refractivity contribution is 5.94. The van der Waals surface area contributed by atoms with E-state index in [0.717, 1.165) is 60.6 Å². The average Bonchev–Trinajstić information content (AvgIpc) is 3.23. The van der Waals surface area contributed by atoms with Crippen molar-refractivity contribution >= 4 is 16.9 Å².